The molecule has 0 saturated heterocycles. The maximum absolute atomic E-state index is 12.7. The molecule has 1 amide bonds. The number of hydrogen-bond donors (Lipinski definition) is 1. The van der Waals surface area contributed by atoms with Crippen LogP contribution in [0.25, 0.3) is 22.2 Å². The van der Waals surface area contributed by atoms with Gasteiger partial charge in [-0.25, -0.2) is 0 Å². The molecule has 0 saturated carbocycles. The normalized spacial score (nSPS) is 10.7. The zero-order chi connectivity index (χ0) is 21.8. The Labute approximate surface area is 183 Å². The average molecular weight is 436 g/mol. The van der Waals surface area contributed by atoms with Crippen LogP contribution in [-0.4, -0.2) is 30.3 Å². The molecule has 2 aromatic heterocycles. The third-order valence-electron chi connectivity index (χ3n) is 4.65. The summed E-state index contributed by atoms with van der Waals surface area (Å²) in [5.41, 5.74) is 3.44. The van der Waals surface area contributed by atoms with Crippen LogP contribution in [0.3, 0.4) is 0 Å². The Morgan fingerprint density at radius 1 is 1.06 bits per heavy atom. The van der Waals surface area contributed by atoms with Crippen LogP contribution < -0.4 is 14.8 Å². The predicted molar refractivity (Wildman–Crippen MR) is 120 cm³/mol. The quantitative estimate of drug-likeness (QED) is 0.441. The highest BCUT2D eigenvalue weighted by atomic mass is 32.1. The van der Waals surface area contributed by atoms with Crippen LogP contribution in [0.1, 0.15) is 11.1 Å². The Bertz CT molecular complexity index is 1180. The molecule has 7 nitrogen and oxygen atoms in total. The second-order valence-electron chi connectivity index (χ2n) is 6.90. The summed E-state index contributed by atoms with van der Waals surface area (Å²) in [5.74, 6) is 1.96. The number of nitrogens with zero attached hydrogens (tertiary/aromatic N) is 2. The maximum Gasteiger partial charge on any atom is 0.270 e. The number of methoxy groups -OCH3 is 2. The molecule has 0 spiro atoms. The molecule has 0 unspecified atom stereocenters. The topological polar surface area (TPSA) is 86.5 Å². The fourth-order valence-electron chi connectivity index (χ4n) is 3.06. The van der Waals surface area contributed by atoms with E-state index in [4.69, 9.17) is 14.0 Å². The fraction of sp³-hybridized carbons (Fsp3) is 0.174. The molecule has 158 valence electrons. The van der Waals surface area contributed by atoms with E-state index in [0.29, 0.717) is 33.8 Å². The number of amides is 1. The molecule has 0 aliphatic carbocycles. The van der Waals surface area contributed by atoms with Crippen molar-refractivity contribution < 1.29 is 18.8 Å². The van der Waals surface area contributed by atoms with Crippen LogP contribution in [0.4, 0.5) is 5.69 Å². The molecule has 2 aromatic carbocycles. The van der Waals surface area contributed by atoms with Crippen molar-refractivity contribution in [3.63, 3.8) is 0 Å². The summed E-state index contributed by atoms with van der Waals surface area (Å²) >= 11 is 1.42. The molecular weight excluding hydrogens is 414 g/mol. The van der Waals surface area contributed by atoms with Gasteiger partial charge >= 0.3 is 0 Å². The molecule has 0 aliphatic heterocycles. The van der Waals surface area contributed by atoms with E-state index in [1.807, 2.05) is 54.8 Å². The Morgan fingerprint density at radius 2 is 1.77 bits per heavy atom. The van der Waals surface area contributed by atoms with Gasteiger partial charge in [-0.3, -0.25) is 4.79 Å². The second-order valence-corrected chi connectivity index (χ2v) is 7.81. The highest BCUT2D eigenvalue weighted by Crippen LogP contribution is 2.34. The van der Waals surface area contributed by atoms with Gasteiger partial charge in [-0.2, -0.15) is 4.98 Å². The summed E-state index contributed by atoms with van der Waals surface area (Å²) in [7, 11) is 3.15. The lowest BCUT2D eigenvalue weighted by Gasteiger charge is -2.09. The number of anilines is 1. The van der Waals surface area contributed by atoms with Crippen molar-refractivity contribution in [3.05, 3.63) is 65.0 Å². The molecule has 31 heavy (non-hydrogen) atoms. The van der Waals surface area contributed by atoms with Crippen LogP contribution in [0, 0.1) is 6.92 Å². The van der Waals surface area contributed by atoms with Crippen molar-refractivity contribution in [2.45, 2.75) is 13.3 Å². The number of aromatic nitrogens is 2. The lowest BCUT2D eigenvalue weighted by Crippen LogP contribution is -2.14. The van der Waals surface area contributed by atoms with Crippen molar-refractivity contribution in [1.82, 2.24) is 10.1 Å². The van der Waals surface area contributed by atoms with Gasteiger partial charge in [-0.15, -0.1) is 11.3 Å². The first-order chi connectivity index (χ1) is 15.1. The van der Waals surface area contributed by atoms with Crippen LogP contribution in [0.2, 0.25) is 0 Å². The van der Waals surface area contributed by atoms with Crippen LogP contribution in [0.5, 0.6) is 11.5 Å². The largest absolute Gasteiger partial charge is 0.497 e. The van der Waals surface area contributed by atoms with Crippen LogP contribution in [0.15, 0.2) is 58.4 Å². The number of rotatable bonds is 7. The third-order valence-corrected chi connectivity index (χ3v) is 5.55. The van der Waals surface area contributed by atoms with Gasteiger partial charge in [0.15, 0.2) is 0 Å². The lowest BCUT2D eigenvalue weighted by atomic mass is 10.1. The van der Waals surface area contributed by atoms with Gasteiger partial charge in [-0.05, 0) is 36.1 Å². The first-order valence-corrected chi connectivity index (χ1v) is 10.4. The van der Waals surface area contributed by atoms with E-state index >= 15 is 0 Å². The Kier molecular flexibility index (Phi) is 5.99. The smallest absolute Gasteiger partial charge is 0.270 e. The average Bonchev–Trinajstić information content (AvgIpc) is 3.43. The van der Waals surface area contributed by atoms with Crippen LogP contribution >= 0.6 is 11.3 Å². The van der Waals surface area contributed by atoms with E-state index in [9.17, 15) is 4.79 Å². The van der Waals surface area contributed by atoms with Crippen molar-refractivity contribution in [3.8, 4) is 33.7 Å². The zero-order valence-corrected chi connectivity index (χ0v) is 18.2. The van der Waals surface area contributed by atoms with E-state index in [1.165, 1.54) is 11.3 Å². The fourth-order valence-corrected chi connectivity index (χ4v) is 3.83. The molecule has 0 aliphatic rings. The molecule has 0 bridgehead atoms. The first-order valence-electron chi connectivity index (χ1n) is 9.56. The van der Waals surface area contributed by atoms with Crippen LogP contribution in [-0.2, 0) is 11.2 Å². The summed E-state index contributed by atoms with van der Waals surface area (Å²) in [6, 6.07) is 15.1. The van der Waals surface area contributed by atoms with E-state index in [-0.39, 0.29) is 12.3 Å². The zero-order valence-electron chi connectivity index (χ0n) is 17.3. The predicted octanol–water partition coefficient (Wildman–Crippen LogP) is 4.97. The van der Waals surface area contributed by atoms with Crippen molar-refractivity contribution in [2.75, 3.05) is 19.5 Å². The lowest BCUT2D eigenvalue weighted by molar-refractivity contribution is -0.115. The minimum absolute atomic E-state index is 0.168. The number of benzene rings is 2. The number of ether oxygens (including phenoxy) is 2. The molecule has 0 atom stereocenters. The minimum Gasteiger partial charge on any atom is -0.497 e. The van der Waals surface area contributed by atoms with Gasteiger partial charge in [0, 0.05) is 11.6 Å². The Balaban J connectivity index is 1.50. The first kappa shape index (κ1) is 20.6. The van der Waals surface area contributed by atoms with E-state index < -0.39 is 0 Å². The monoisotopic (exact) mass is 435 g/mol. The molecule has 1 N–H and O–H groups in total. The number of hydrogen-bond acceptors (Lipinski definition) is 7. The summed E-state index contributed by atoms with van der Waals surface area (Å²) in [4.78, 5) is 17.9. The number of nitrogens with one attached hydrogen (secondary N) is 1. The van der Waals surface area contributed by atoms with Gasteiger partial charge in [-0.1, -0.05) is 35.0 Å². The Hall–Kier alpha value is -3.65. The maximum atomic E-state index is 12.7. The van der Waals surface area contributed by atoms with E-state index in [0.717, 1.165) is 16.7 Å². The second kappa shape index (κ2) is 9.01. The molecule has 4 aromatic rings. The molecule has 2 heterocycles. The van der Waals surface area contributed by atoms with Crippen molar-refractivity contribution in [2.24, 2.45) is 0 Å². The number of carbonyl (C=O) groups is 1. The molecule has 0 radical (unpaired) electrons. The number of carbonyl (C=O) groups excluding carboxylic acids is 1. The van der Waals surface area contributed by atoms with E-state index in [2.05, 4.69) is 15.5 Å². The molecular formula is C23H21N3O4S. The minimum atomic E-state index is -0.173. The standard InChI is InChI=1S/C23H21N3O4S/c1-14-4-6-16(7-5-14)22-25-23(30-26-22)21-19(8-9-31-21)24-20(27)12-15-10-17(28-2)13-18(11-15)29-3/h4-11,13H,12H2,1-3H3,(H,24,27). The third kappa shape index (κ3) is 4.75. The van der Waals surface area contributed by atoms with Gasteiger partial charge in [0.1, 0.15) is 16.4 Å². The highest BCUT2D eigenvalue weighted by molar-refractivity contribution is 7.14. The van der Waals surface area contributed by atoms with E-state index in [1.54, 1.807) is 20.3 Å². The molecule has 0 fully saturated rings. The van der Waals surface area contributed by atoms with Gasteiger partial charge < -0.3 is 19.3 Å². The summed E-state index contributed by atoms with van der Waals surface area (Å²) in [6.45, 7) is 2.02. The summed E-state index contributed by atoms with van der Waals surface area (Å²) in [6.07, 6.45) is 0.168. The molecule has 4 rings (SSSR count). The van der Waals surface area contributed by atoms with Gasteiger partial charge in [0.25, 0.3) is 5.89 Å². The summed E-state index contributed by atoms with van der Waals surface area (Å²) in [5, 5.41) is 8.88. The van der Waals surface area contributed by atoms with Crippen molar-refractivity contribution in [1.29, 1.82) is 0 Å². The van der Waals surface area contributed by atoms with Gasteiger partial charge in [0.2, 0.25) is 11.7 Å². The Morgan fingerprint density at radius 3 is 2.45 bits per heavy atom. The molecule has 8 heteroatoms. The van der Waals surface area contributed by atoms with Crippen molar-refractivity contribution >= 4 is 22.9 Å². The number of thiophene rings is 1. The summed E-state index contributed by atoms with van der Waals surface area (Å²) < 4.78 is 16.0. The van der Waals surface area contributed by atoms with Gasteiger partial charge in [0.05, 0.1) is 26.3 Å². The highest BCUT2D eigenvalue weighted by Gasteiger charge is 2.17. The number of aryl methyl sites for hydroxylation is 1. The SMILES string of the molecule is COc1cc(CC(=O)Nc2ccsc2-c2nc(-c3ccc(C)cc3)no2)cc(OC)c1.